The van der Waals surface area contributed by atoms with E-state index in [9.17, 15) is 5.11 Å². The van der Waals surface area contributed by atoms with E-state index in [2.05, 4.69) is 15.9 Å². The lowest BCUT2D eigenvalue weighted by Gasteiger charge is -2.30. The minimum atomic E-state index is -0.513. The van der Waals surface area contributed by atoms with Gasteiger partial charge in [-0.15, -0.1) is 0 Å². The molecule has 1 aliphatic heterocycles. The molecule has 19 heavy (non-hydrogen) atoms. The summed E-state index contributed by atoms with van der Waals surface area (Å²) in [6.45, 7) is 0. The number of aliphatic hydroxyl groups excluding tert-OH is 1. The average Bonchev–Trinajstić information content (AvgIpc) is 2.41. The van der Waals surface area contributed by atoms with Crippen molar-refractivity contribution in [1.82, 2.24) is 0 Å². The van der Waals surface area contributed by atoms with Crippen LogP contribution < -0.4 is 4.74 Å². The first-order valence-corrected chi connectivity index (χ1v) is 7.21. The molecule has 0 spiro atoms. The molecule has 0 saturated heterocycles. The molecule has 1 N–H and O–H groups in total. The Hall–Kier alpha value is -1.03. The maximum atomic E-state index is 10.2. The second kappa shape index (κ2) is 5.16. The van der Waals surface area contributed by atoms with Gasteiger partial charge in [0.2, 0.25) is 0 Å². The average molecular weight is 340 g/mol. The first kappa shape index (κ1) is 13.0. The molecule has 0 aromatic heterocycles. The van der Waals surface area contributed by atoms with Crippen LogP contribution in [0.1, 0.15) is 29.8 Å². The van der Waals surface area contributed by atoms with Crippen molar-refractivity contribution in [2.45, 2.75) is 18.6 Å². The number of aliphatic hydroxyl groups is 1. The fourth-order valence-corrected chi connectivity index (χ4v) is 3.03. The number of hydrogen-bond acceptors (Lipinski definition) is 2. The van der Waals surface area contributed by atoms with Crippen molar-refractivity contribution in [3.05, 3.63) is 63.1 Å². The van der Waals surface area contributed by atoms with Gasteiger partial charge in [-0.2, -0.15) is 0 Å². The molecular weight excluding hydrogens is 328 g/mol. The van der Waals surface area contributed by atoms with Gasteiger partial charge in [0.15, 0.2) is 0 Å². The van der Waals surface area contributed by atoms with Crippen LogP contribution in [-0.4, -0.2) is 5.11 Å². The van der Waals surface area contributed by atoms with Crippen LogP contribution in [0.5, 0.6) is 5.75 Å². The molecule has 1 unspecified atom stereocenters. The van der Waals surface area contributed by atoms with Gasteiger partial charge in [0, 0.05) is 27.0 Å². The van der Waals surface area contributed by atoms with Crippen LogP contribution in [0, 0.1) is 0 Å². The van der Waals surface area contributed by atoms with Crippen molar-refractivity contribution < 1.29 is 9.84 Å². The fraction of sp³-hybridized carbons (Fsp3) is 0.200. The highest BCUT2D eigenvalue weighted by molar-refractivity contribution is 9.10. The lowest BCUT2D eigenvalue weighted by molar-refractivity contribution is 0.0654. The van der Waals surface area contributed by atoms with Gasteiger partial charge in [-0.05, 0) is 24.3 Å². The van der Waals surface area contributed by atoms with Gasteiger partial charge in [-0.3, -0.25) is 0 Å². The Kier molecular flexibility index (Phi) is 3.52. The van der Waals surface area contributed by atoms with Crippen molar-refractivity contribution in [3.8, 4) is 5.75 Å². The van der Waals surface area contributed by atoms with Crippen LogP contribution in [0.25, 0.3) is 0 Å². The van der Waals surface area contributed by atoms with E-state index >= 15 is 0 Å². The molecule has 2 atom stereocenters. The first-order chi connectivity index (χ1) is 9.15. The molecule has 4 heteroatoms. The van der Waals surface area contributed by atoms with Crippen molar-refractivity contribution in [1.29, 1.82) is 0 Å². The first-order valence-electron chi connectivity index (χ1n) is 6.04. The molecule has 0 aliphatic carbocycles. The maximum absolute atomic E-state index is 10.2. The summed E-state index contributed by atoms with van der Waals surface area (Å²) in [7, 11) is 0. The van der Waals surface area contributed by atoms with Crippen LogP contribution in [0.2, 0.25) is 5.02 Å². The Bertz CT molecular complexity index is 615. The summed E-state index contributed by atoms with van der Waals surface area (Å²) in [4.78, 5) is 0. The summed E-state index contributed by atoms with van der Waals surface area (Å²) >= 11 is 9.54. The number of hydrogen-bond donors (Lipinski definition) is 1. The Balaban J connectivity index is 1.99. The Morgan fingerprint density at radius 2 is 1.95 bits per heavy atom. The van der Waals surface area contributed by atoms with E-state index in [0.29, 0.717) is 11.4 Å². The minimum Gasteiger partial charge on any atom is -0.485 e. The van der Waals surface area contributed by atoms with Gasteiger partial charge in [0.05, 0.1) is 6.10 Å². The van der Waals surface area contributed by atoms with Gasteiger partial charge >= 0.3 is 0 Å². The van der Waals surface area contributed by atoms with Gasteiger partial charge in [-0.1, -0.05) is 45.7 Å². The van der Waals surface area contributed by atoms with E-state index in [4.69, 9.17) is 16.3 Å². The largest absolute Gasteiger partial charge is 0.485 e. The molecule has 2 nitrogen and oxygen atoms in total. The Labute approximate surface area is 125 Å². The fourth-order valence-electron chi connectivity index (χ4n) is 2.35. The van der Waals surface area contributed by atoms with Crippen molar-refractivity contribution >= 4 is 27.5 Å². The predicted octanol–water partition coefficient (Wildman–Crippen LogP) is 4.66. The zero-order valence-electron chi connectivity index (χ0n) is 10.0. The van der Waals surface area contributed by atoms with Crippen LogP contribution in [-0.2, 0) is 0 Å². The summed E-state index contributed by atoms with van der Waals surface area (Å²) < 4.78 is 6.91. The lowest BCUT2D eigenvalue weighted by atomic mass is 9.95. The summed E-state index contributed by atoms with van der Waals surface area (Å²) in [6, 6.07) is 13.2. The molecule has 0 bridgehead atoms. The van der Waals surface area contributed by atoms with E-state index in [1.165, 1.54) is 0 Å². The quantitative estimate of drug-likeness (QED) is 0.819. The van der Waals surface area contributed by atoms with Gasteiger partial charge < -0.3 is 9.84 Å². The van der Waals surface area contributed by atoms with E-state index in [1.54, 1.807) is 0 Å². The smallest absolute Gasteiger partial charge is 0.128 e. The lowest BCUT2D eigenvalue weighted by Crippen LogP contribution is -2.19. The molecule has 0 radical (unpaired) electrons. The predicted molar refractivity (Wildman–Crippen MR) is 78.5 cm³/mol. The number of halogens is 2. The summed E-state index contributed by atoms with van der Waals surface area (Å²) in [5, 5.41) is 10.9. The minimum absolute atomic E-state index is 0.196. The molecule has 2 aromatic rings. The number of benzene rings is 2. The molecule has 98 valence electrons. The van der Waals surface area contributed by atoms with Gasteiger partial charge in [-0.25, -0.2) is 0 Å². The molecule has 1 aliphatic rings. The molecular formula is C15H12BrClO2. The third-order valence-electron chi connectivity index (χ3n) is 3.29. The van der Waals surface area contributed by atoms with E-state index in [1.807, 2.05) is 42.5 Å². The molecule has 0 saturated carbocycles. The van der Waals surface area contributed by atoms with Crippen LogP contribution in [0.15, 0.2) is 46.9 Å². The Morgan fingerprint density at radius 3 is 2.79 bits per heavy atom. The second-order valence-corrected chi connectivity index (χ2v) is 5.85. The highest BCUT2D eigenvalue weighted by atomic mass is 79.9. The third kappa shape index (κ3) is 2.50. The summed E-state index contributed by atoms with van der Waals surface area (Å²) in [5.74, 6) is 0.734. The third-order valence-corrected chi connectivity index (χ3v) is 4.25. The van der Waals surface area contributed by atoms with Crippen LogP contribution in [0.4, 0.5) is 0 Å². The highest BCUT2D eigenvalue weighted by Crippen LogP contribution is 2.42. The zero-order chi connectivity index (χ0) is 13.4. The summed E-state index contributed by atoms with van der Waals surface area (Å²) in [6.07, 6.45) is -0.186. The zero-order valence-corrected chi connectivity index (χ0v) is 12.4. The molecule has 0 amide bonds. The second-order valence-electron chi connectivity index (χ2n) is 4.56. The number of ether oxygens (including phenoxy) is 1. The van der Waals surface area contributed by atoms with E-state index in [0.717, 1.165) is 21.3 Å². The number of fused-ring (bicyclic) bond motifs is 1. The molecule has 0 fully saturated rings. The molecule has 1 heterocycles. The van der Waals surface area contributed by atoms with Crippen molar-refractivity contribution in [3.63, 3.8) is 0 Å². The van der Waals surface area contributed by atoms with Gasteiger partial charge in [0.1, 0.15) is 11.9 Å². The topological polar surface area (TPSA) is 29.5 Å². The van der Waals surface area contributed by atoms with Crippen molar-refractivity contribution in [2.24, 2.45) is 0 Å². The normalized spacial score (nSPS) is 21.6. The standard InChI is InChI=1S/C15H12BrClO2/c16-12-6-5-9(17)7-11(12)15-8-13(18)10-3-1-2-4-14(10)19-15/h1-7,13,15,18H,8H2/t13-,15?/m0/s1. The van der Waals surface area contributed by atoms with Crippen molar-refractivity contribution in [2.75, 3.05) is 0 Å². The summed E-state index contributed by atoms with van der Waals surface area (Å²) in [5.41, 5.74) is 1.80. The van der Waals surface area contributed by atoms with Crippen LogP contribution >= 0.6 is 27.5 Å². The molecule has 3 rings (SSSR count). The van der Waals surface area contributed by atoms with E-state index < -0.39 is 6.10 Å². The number of para-hydroxylation sites is 1. The maximum Gasteiger partial charge on any atom is 0.128 e. The van der Waals surface area contributed by atoms with Gasteiger partial charge in [0.25, 0.3) is 0 Å². The highest BCUT2D eigenvalue weighted by Gasteiger charge is 2.28. The van der Waals surface area contributed by atoms with E-state index in [-0.39, 0.29) is 6.10 Å². The molecule has 2 aromatic carbocycles. The SMILES string of the molecule is O[C@H]1CC(c2cc(Cl)ccc2Br)Oc2ccccc21. The number of rotatable bonds is 1. The van der Waals surface area contributed by atoms with Crippen LogP contribution in [0.3, 0.4) is 0 Å². The monoisotopic (exact) mass is 338 g/mol. The Morgan fingerprint density at radius 1 is 1.16 bits per heavy atom.